The van der Waals surface area contributed by atoms with Gasteiger partial charge in [0.1, 0.15) is 5.82 Å². The van der Waals surface area contributed by atoms with E-state index in [0.29, 0.717) is 6.42 Å². The molecule has 4 nitrogen and oxygen atoms in total. The van der Waals surface area contributed by atoms with Gasteiger partial charge in [0.15, 0.2) is 0 Å². The SMILES string of the molecule is CC(C)(C)Cc1ncc(CCC(=O)O)cn1. The minimum Gasteiger partial charge on any atom is -0.481 e. The zero-order valence-electron chi connectivity index (χ0n) is 10.0. The third kappa shape index (κ3) is 4.87. The Balaban J connectivity index is 2.57. The molecule has 0 fully saturated rings. The number of carboxylic acid groups (broad SMARTS) is 1. The van der Waals surface area contributed by atoms with Crippen LogP contribution < -0.4 is 0 Å². The maximum atomic E-state index is 10.4. The van der Waals surface area contributed by atoms with Gasteiger partial charge in [0.25, 0.3) is 0 Å². The lowest BCUT2D eigenvalue weighted by molar-refractivity contribution is -0.136. The van der Waals surface area contributed by atoms with Gasteiger partial charge in [-0.15, -0.1) is 0 Å². The van der Waals surface area contributed by atoms with Gasteiger partial charge in [-0.05, 0) is 17.4 Å². The topological polar surface area (TPSA) is 63.1 Å². The first-order valence-corrected chi connectivity index (χ1v) is 5.38. The van der Waals surface area contributed by atoms with E-state index < -0.39 is 5.97 Å². The van der Waals surface area contributed by atoms with Crippen LogP contribution in [0, 0.1) is 5.41 Å². The Bertz CT molecular complexity index is 352. The highest BCUT2D eigenvalue weighted by Crippen LogP contribution is 2.17. The highest BCUT2D eigenvalue weighted by molar-refractivity contribution is 5.67. The van der Waals surface area contributed by atoms with Gasteiger partial charge in [-0.1, -0.05) is 20.8 Å². The summed E-state index contributed by atoms with van der Waals surface area (Å²) in [6, 6.07) is 0. The van der Waals surface area contributed by atoms with Crippen LogP contribution in [0.15, 0.2) is 12.4 Å². The van der Waals surface area contributed by atoms with Crippen molar-refractivity contribution in [2.45, 2.75) is 40.0 Å². The second kappa shape index (κ2) is 5.05. The zero-order valence-corrected chi connectivity index (χ0v) is 10.0. The number of aryl methyl sites for hydroxylation is 1. The van der Waals surface area contributed by atoms with Crippen LogP contribution >= 0.6 is 0 Å². The monoisotopic (exact) mass is 222 g/mol. The highest BCUT2D eigenvalue weighted by Gasteiger charge is 2.13. The van der Waals surface area contributed by atoms with Crippen LogP contribution in [-0.2, 0) is 17.6 Å². The molecule has 0 amide bonds. The number of hydrogen-bond donors (Lipinski definition) is 1. The molecule has 0 unspecified atom stereocenters. The first-order chi connectivity index (χ1) is 7.37. The van der Waals surface area contributed by atoms with E-state index in [1.807, 2.05) is 0 Å². The number of carboxylic acids is 1. The van der Waals surface area contributed by atoms with Gasteiger partial charge in [0.2, 0.25) is 0 Å². The molecule has 0 bridgehead atoms. The molecule has 1 aromatic heterocycles. The van der Waals surface area contributed by atoms with E-state index in [1.54, 1.807) is 12.4 Å². The predicted octanol–water partition coefficient (Wildman–Crippen LogP) is 2.08. The van der Waals surface area contributed by atoms with Crippen LogP contribution in [0.3, 0.4) is 0 Å². The molecule has 1 N–H and O–H groups in total. The molecule has 0 spiro atoms. The van der Waals surface area contributed by atoms with E-state index >= 15 is 0 Å². The molecule has 0 radical (unpaired) electrons. The Morgan fingerprint density at radius 2 is 1.88 bits per heavy atom. The van der Waals surface area contributed by atoms with Crippen molar-refractivity contribution in [3.05, 3.63) is 23.8 Å². The number of nitrogens with zero attached hydrogens (tertiary/aromatic N) is 2. The molecule has 16 heavy (non-hydrogen) atoms. The van der Waals surface area contributed by atoms with Crippen molar-refractivity contribution in [2.75, 3.05) is 0 Å². The number of rotatable bonds is 4. The summed E-state index contributed by atoms with van der Waals surface area (Å²) in [4.78, 5) is 18.9. The van der Waals surface area contributed by atoms with Crippen LogP contribution in [0.2, 0.25) is 0 Å². The fraction of sp³-hybridized carbons (Fsp3) is 0.583. The van der Waals surface area contributed by atoms with Crippen molar-refractivity contribution in [3.63, 3.8) is 0 Å². The fourth-order valence-electron chi connectivity index (χ4n) is 1.33. The summed E-state index contributed by atoms with van der Waals surface area (Å²) in [6.07, 6.45) is 4.88. The molecule has 0 aromatic carbocycles. The molecule has 0 saturated heterocycles. The molecule has 0 aliphatic rings. The Morgan fingerprint density at radius 1 is 1.31 bits per heavy atom. The molecule has 1 heterocycles. The quantitative estimate of drug-likeness (QED) is 0.847. The predicted molar refractivity (Wildman–Crippen MR) is 61.1 cm³/mol. The zero-order chi connectivity index (χ0) is 12.2. The Labute approximate surface area is 95.7 Å². The summed E-state index contributed by atoms with van der Waals surface area (Å²) in [5.41, 5.74) is 1.04. The van der Waals surface area contributed by atoms with Crippen LogP contribution in [-0.4, -0.2) is 21.0 Å². The Morgan fingerprint density at radius 3 is 2.31 bits per heavy atom. The van der Waals surface area contributed by atoms with Gasteiger partial charge >= 0.3 is 5.97 Å². The minimum absolute atomic E-state index is 0.127. The lowest BCUT2D eigenvalue weighted by Crippen LogP contribution is -2.12. The van der Waals surface area contributed by atoms with Gasteiger partial charge in [0.05, 0.1) is 0 Å². The summed E-state index contributed by atoms with van der Waals surface area (Å²) in [6.45, 7) is 6.40. The average Bonchev–Trinajstić information content (AvgIpc) is 2.14. The molecule has 1 rings (SSSR count). The summed E-state index contributed by atoms with van der Waals surface area (Å²) in [5.74, 6) is 0.0188. The molecular weight excluding hydrogens is 204 g/mol. The third-order valence-corrected chi connectivity index (χ3v) is 2.07. The van der Waals surface area contributed by atoms with Crippen molar-refractivity contribution >= 4 is 5.97 Å². The molecule has 1 aromatic rings. The first kappa shape index (κ1) is 12.6. The van der Waals surface area contributed by atoms with Crippen LogP contribution in [0.25, 0.3) is 0 Å². The molecular formula is C12H18N2O2. The fourth-order valence-corrected chi connectivity index (χ4v) is 1.33. The number of carbonyl (C=O) groups is 1. The number of aliphatic carboxylic acids is 1. The molecule has 0 aliphatic carbocycles. The second-order valence-corrected chi connectivity index (χ2v) is 5.14. The van der Waals surface area contributed by atoms with Crippen molar-refractivity contribution in [3.8, 4) is 0 Å². The van der Waals surface area contributed by atoms with Crippen molar-refractivity contribution < 1.29 is 9.90 Å². The van der Waals surface area contributed by atoms with Crippen LogP contribution in [0.4, 0.5) is 0 Å². The van der Waals surface area contributed by atoms with E-state index in [2.05, 4.69) is 30.7 Å². The maximum Gasteiger partial charge on any atom is 0.303 e. The molecule has 0 atom stereocenters. The van der Waals surface area contributed by atoms with Gasteiger partial charge in [-0.3, -0.25) is 4.79 Å². The standard InChI is InChI=1S/C12H18N2O2/c1-12(2,3)6-10-13-7-9(8-14-10)4-5-11(15)16/h7-8H,4-6H2,1-3H3,(H,15,16). The van der Waals surface area contributed by atoms with E-state index in [1.165, 1.54) is 0 Å². The second-order valence-electron chi connectivity index (χ2n) is 5.14. The molecule has 4 heteroatoms. The van der Waals surface area contributed by atoms with Crippen LogP contribution in [0.1, 0.15) is 38.6 Å². The van der Waals surface area contributed by atoms with E-state index in [9.17, 15) is 4.79 Å². The van der Waals surface area contributed by atoms with Crippen molar-refractivity contribution in [2.24, 2.45) is 5.41 Å². The number of hydrogen-bond acceptors (Lipinski definition) is 3. The summed E-state index contributed by atoms with van der Waals surface area (Å²) < 4.78 is 0. The average molecular weight is 222 g/mol. The summed E-state index contributed by atoms with van der Waals surface area (Å²) in [5, 5.41) is 8.54. The Kier molecular flexibility index (Phi) is 3.99. The number of aromatic nitrogens is 2. The van der Waals surface area contributed by atoms with E-state index in [-0.39, 0.29) is 11.8 Å². The summed E-state index contributed by atoms with van der Waals surface area (Å²) in [7, 11) is 0. The summed E-state index contributed by atoms with van der Waals surface area (Å²) >= 11 is 0. The maximum absolute atomic E-state index is 10.4. The highest BCUT2D eigenvalue weighted by atomic mass is 16.4. The van der Waals surface area contributed by atoms with E-state index in [0.717, 1.165) is 17.8 Å². The molecule has 0 saturated carbocycles. The van der Waals surface area contributed by atoms with Gasteiger partial charge < -0.3 is 5.11 Å². The molecule has 0 aliphatic heterocycles. The van der Waals surface area contributed by atoms with Gasteiger partial charge in [-0.2, -0.15) is 0 Å². The normalized spacial score (nSPS) is 11.4. The van der Waals surface area contributed by atoms with Crippen molar-refractivity contribution in [1.29, 1.82) is 0 Å². The van der Waals surface area contributed by atoms with Crippen molar-refractivity contribution in [1.82, 2.24) is 9.97 Å². The Hall–Kier alpha value is -1.45. The third-order valence-electron chi connectivity index (χ3n) is 2.07. The smallest absolute Gasteiger partial charge is 0.303 e. The van der Waals surface area contributed by atoms with Gasteiger partial charge in [-0.25, -0.2) is 9.97 Å². The van der Waals surface area contributed by atoms with E-state index in [4.69, 9.17) is 5.11 Å². The van der Waals surface area contributed by atoms with Gasteiger partial charge in [0, 0.05) is 25.2 Å². The largest absolute Gasteiger partial charge is 0.481 e. The lowest BCUT2D eigenvalue weighted by atomic mass is 9.92. The van der Waals surface area contributed by atoms with Crippen LogP contribution in [0.5, 0.6) is 0 Å². The molecule has 88 valence electrons. The first-order valence-electron chi connectivity index (χ1n) is 5.38. The lowest BCUT2D eigenvalue weighted by Gasteiger charge is -2.16. The minimum atomic E-state index is -0.793.